The van der Waals surface area contributed by atoms with Crippen LogP contribution in [0, 0.1) is 5.92 Å². The number of cyclic esters (lactones) is 1. The highest BCUT2D eigenvalue weighted by atomic mass is 16.6. The van der Waals surface area contributed by atoms with Gasteiger partial charge >= 0.3 is 6.09 Å². The maximum absolute atomic E-state index is 11.9. The number of ether oxygens (including phenoxy) is 1. The number of carbonyl (C=O) groups excluding carboxylic acids is 1. The molecule has 1 aliphatic carbocycles. The van der Waals surface area contributed by atoms with Crippen LogP contribution in [0.2, 0.25) is 0 Å². The van der Waals surface area contributed by atoms with Crippen LogP contribution in [-0.2, 0) is 4.74 Å². The summed E-state index contributed by atoms with van der Waals surface area (Å²) in [5.74, 6) is 0.483. The van der Waals surface area contributed by atoms with Crippen LogP contribution >= 0.6 is 0 Å². The molecule has 2 N–H and O–H groups in total. The zero-order chi connectivity index (χ0) is 11.6. The van der Waals surface area contributed by atoms with Crippen LogP contribution in [-0.4, -0.2) is 36.2 Å². The number of nitrogens with two attached hydrogens (primary N) is 1. The molecule has 0 spiro atoms. The maximum atomic E-state index is 11.9. The molecule has 0 radical (unpaired) electrons. The lowest BCUT2D eigenvalue weighted by atomic mass is 9.72. The molecule has 92 valence electrons. The summed E-state index contributed by atoms with van der Waals surface area (Å²) in [6, 6.07) is 0. The van der Waals surface area contributed by atoms with Gasteiger partial charge in [0.05, 0.1) is 12.1 Å². The maximum Gasteiger partial charge on any atom is 0.410 e. The van der Waals surface area contributed by atoms with Crippen molar-refractivity contribution in [3.05, 3.63) is 0 Å². The summed E-state index contributed by atoms with van der Waals surface area (Å²) in [5, 5.41) is 0. The third-order valence-electron chi connectivity index (χ3n) is 4.28. The van der Waals surface area contributed by atoms with E-state index in [0.29, 0.717) is 19.1 Å². The number of nitrogens with zero attached hydrogens (tertiary/aromatic N) is 1. The Bertz CT molecular complexity index is 270. The third kappa shape index (κ3) is 1.79. The van der Waals surface area contributed by atoms with E-state index in [-0.39, 0.29) is 11.6 Å². The van der Waals surface area contributed by atoms with Crippen molar-refractivity contribution >= 4 is 6.09 Å². The quantitative estimate of drug-likeness (QED) is 0.780. The summed E-state index contributed by atoms with van der Waals surface area (Å²) in [5.41, 5.74) is 5.83. The van der Waals surface area contributed by atoms with Crippen LogP contribution < -0.4 is 5.73 Å². The molecule has 4 heteroatoms. The third-order valence-corrected chi connectivity index (χ3v) is 4.28. The highest BCUT2D eigenvalue weighted by molar-refractivity contribution is 5.69. The Morgan fingerprint density at radius 2 is 2.31 bits per heavy atom. The second-order valence-corrected chi connectivity index (χ2v) is 5.07. The average molecular weight is 226 g/mol. The highest BCUT2D eigenvalue weighted by Gasteiger charge is 2.45. The van der Waals surface area contributed by atoms with Gasteiger partial charge in [-0.05, 0) is 25.2 Å². The highest BCUT2D eigenvalue weighted by Crippen LogP contribution is 2.38. The Labute approximate surface area is 97.1 Å². The van der Waals surface area contributed by atoms with E-state index >= 15 is 0 Å². The number of rotatable bonds is 2. The van der Waals surface area contributed by atoms with Crippen LogP contribution in [0.25, 0.3) is 0 Å². The summed E-state index contributed by atoms with van der Waals surface area (Å²) in [7, 11) is 0. The molecule has 0 aromatic carbocycles. The molecule has 1 saturated carbocycles. The minimum atomic E-state index is -0.162. The lowest BCUT2D eigenvalue weighted by Gasteiger charge is -2.50. The fourth-order valence-corrected chi connectivity index (χ4v) is 3.17. The first kappa shape index (κ1) is 11.7. The Balaban J connectivity index is 2.21. The molecule has 1 aliphatic heterocycles. The van der Waals surface area contributed by atoms with Crippen molar-refractivity contribution in [3.8, 4) is 0 Å². The second-order valence-electron chi connectivity index (χ2n) is 5.07. The largest absolute Gasteiger partial charge is 0.449 e. The first-order valence-electron chi connectivity index (χ1n) is 6.35. The van der Waals surface area contributed by atoms with Crippen molar-refractivity contribution in [2.45, 2.75) is 44.6 Å². The molecule has 2 atom stereocenters. The molecule has 2 aliphatic rings. The summed E-state index contributed by atoms with van der Waals surface area (Å²) >= 11 is 0. The molecular weight excluding hydrogens is 204 g/mol. The monoisotopic (exact) mass is 226 g/mol. The molecule has 0 aromatic heterocycles. The van der Waals surface area contributed by atoms with E-state index in [1.165, 1.54) is 19.3 Å². The van der Waals surface area contributed by atoms with Gasteiger partial charge in [0.25, 0.3) is 0 Å². The molecule has 1 amide bonds. The lowest BCUT2D eigenvalue weighted by Crippen LogP contribution is -2.62. The van der Waals surface area contributed by atoms with E-state index in [9.17, 15) is 4.79 Å². The predicted molar refractivity (Wildman–Crippen MR) is 62.1 cm³/mol. The smallest absolute Gasteiger partial charge is 0.410 e. The van der Waals surface area contributed by atoms with Crippen LogP contribution in [0.15, 0.2) is 0 Å². The molecule has 16 heavy (non-hydrogen) atoms. The number of hydrogen-bond donors (Lipinski definition) is 1. The van der Waals surface area contributed by atoms with Gasteiger partial charge < -0.3 is 15.4 Å². The minimum Gasteiger partial charge on any atom is -0.449 e. The SMILES string of the molecule is CC1CCCCC1(CN)N1CCCOC1=O. The Morgan fingerprint density at radius 3 is 2.94 bits per heavy atom. The fourth-order valence-electron chi connectivity index (χ4n) is 3.17. The predicted octanol–water partition coefficient (Wildman–Crippen LogP) is 1.74. The topological polar surface area (TPSA) is 55.6 Å². The molecule has 2 fully saturated rings. The van der Waals surface area contributed by atoms with Crippen molar-refractivity contribution in [2.75, 3.05) is 19.7 Å². The standard InChI is InChI=1S/C12H22N2O2/c1-10-5-2-3-6-12(10,9-13)14-7-4-8-16-11(14)15/h10H,2-9,13H2,1H3. The van der Waals surface area contributed by atoms with E-state index in [0.717, 1.165) is 19.4 Å². The van der Waals surface area contributed by atoms with E-state index in [2.05, 4.69) is 6.92 Å². The zero-order valence-corrected chi connectivity index (χ0v) is 10.1. The van der Waals surface area contributed by atoms with Gasteiger partial charge in [0, 0.05) is 13.1 Å². The summed E-state index contributed by atoms with van der Waals surface area (Å²) in [4.78, 5) is 13.8. The summed E-state index contributed by atoms with van der Waals surface area (Å²) in [6.07, 6.45) is 5.39. The Hall–Kier alpha value is -0.770. The van der Waals surface area contributed by atoms with Crippen molar-refractivity contribution in [3.63, 3.8) is 0 Å². The van der Waals surface area contributed by atoms with Gasteiger partial charge in [-0.2, -0.15) is 0 Å². The molecular formula is C12H22N2O2. The van der Waals surface area contributed by atoms with E-state index in [1.807, 2.05) is 4.90 Å². The number of carbonyl (C=O) groups is 1. The molecule has 4 nitrogen and oxygen atoms in total. The van der Waals surface area contributed by atoms with E-state index in [1.54, 1.807) is 0 Å². The Kier molecular flexibility index (Phi) is 3.38. The van der Waals surface area contributed by atoms with Crippen LogP contribution in [0.1, 0.15) is 39.0 Å². The van der Waals surface area contributed by atoms with Crippen molar-refractivity contribution in [1.82, 2.24) is 4.90 Å². The van der Waals surface area contributed by atoms with Crippen molar-refractivity contribution in [1.29, 1.82) is 0 Å². The first-order valence-corrected chi connectivity index (χ1v) is 6.35. The zero-order valence-electron chi connectivity index (χ0n) is 10.1. The second kappa shape index (κ2) is 4.62. The lowest BCUT2D eigenvalue weighted by molar-refractivity contribution is -0.0169. The molecule has 1 saturated heterocycles. The molecule has 2 unspecified atom stereocenters. The van der Waals surface area contributed by atoms with Crippen molar-refractivity contribution < 1.29 is 9.53 Å². The fraction of sp³-hybridized carbons (Fsp3) is 0.917. The van der Waals surface area contributed by atoms with Gasteiger partial charge in [-0.15, -0.1) is 0 Å². The van der Waals surface area contributed by atoms with Crippen LogP contribution in [0.5, 0.6) is 0 Å². The van der Waals surface area contributed by atoms with Crippen LogP contribution in [0.3, 0.4) is 0 Å². The van der Waals surface area contributed by atoms with Crippen molar-refractivity contribution in [2.24, 2.45) is 11.7 Å². The molecule has 0 aromatic rings. The van der Waals surface area contributed by atoms with Gasteiger partial charge in [0.2, 0.25) is 0 Å². The molecule has 0 bridgehead atoms. The molecule has 1 heterocycles. The van der Waals surface area contributed by atoms with Gasteiger partial charge in [0.15, 0.2) is 0 Å². The normalized spacial score (nSPS) is 36.0. The number of amides is 1. The minimum absolute atomic E-state index is 0.143. The summed E-state index contributed by atoms with van der Waals surface area (Å²) < 4.78 is 5.15. The Morgan fingerprint density at radius 1 is 1.50 bits per heavy atom. The van der Waals surface area contributed by atoms with Gasteiger partial charge in [-0.3, -0.25) is 0 Å². The van der Waals surface area contributed by atoms with Gasteiger partial charge in [-0.25, -0.2) is 4.79 Å². The van der Waals surface area contributed by atoms with E-state index in [4.69, 9.17) is 10.5 Å². The average Bonchev–Trinajstić information content (AvgIpc) is 2.31. The van der Waals surface area contributed by atoms with E-state index < -0.39 is 0 Å². The first-order chi connectivity index (χ1) is 7.70. The van der Waals surface area contributed by atoms with Gasteiger partial charge in [0.1, 0.15) is 0 Å². The van der Waals surface area contributed by atoms with Gasteiger partial charge in [-0.1, -0.05) is 19.8 Å². The molecule has 2 rings (SSSR count). The van der Waals surface area contributed by atoms with Crippen LogP contribution in [0.4, 0.5) is 4.79 Å². The number of hydrogen-bond acceptors (Lipinski definition) is 3. The summed E-state index contributed by atoms with van der Waals surface area (Å²) in [6.45, 7) is 4.14.